The molecule has 0 radical (unpaired) electrons. The lowest BCUT2D eigenvalue weighted by molar-refractivity contribution is -0.116. The number of rotatable bonds is 4. The van der Waals surface area contributed by atoms with Gasteiger partial charge in [-0.05, 0) is 36.8 Å². The summed E-state index contributed by atoms with van der Waals surface area (Å²) in [5.41, 5.74) is 1.10. The highest BCUT2D eigenvalue weighted by Crippen LogP contribution is 2.10. The Kier molecular flexibility index (Phi) is 4.29. The zero-order valence-electron chi connectivity index (χ0n) is 13.2. The van der Waals surface area contributed by atoms with Crippen molar-refractivity contribution >= 4 is 22.4 Å². The quantitative estimate of drug-likeness (QED) is 0.770. The van der Waals surface area contributed by atoms with Crippen LogP contribution in [-0.2, 0) is 11.3 Å². The minimum atomic E-state index is -0.343. The molecular weight excluding hydrogens is 306 g/mol. The van der Waals surface area contributed by atoms with E-state index in [9.17, 15) is 14.4 Å². The minimum Gasteiger partial charge on any atom is -0.326 e. The number of nitrogens with one attached hydrogen (secondary N) is 2. The molecular formula is C18H17N3O3. The number of hydrogen-bond donors (Lipinski definition) is 2. The van der Waals surface area contributed by atoms with Crippen molar-refractivity contribution in [2.45, 2.75) is 19.9 Å². The van der Waals surface area contributed by atoms with E-state index in [0.29, 0.717) is 16.5 Å². The molecule has 0 aliphatic rings. The number of carbonyl (C=O) groups is 1. The molecule has 0 saturated heterocycles. The molecule has 0 bridgehead atoms. The van der Waals surface area contributed by atoms with E-state index < -0.39 is 0 Å². The zero-order chi connectivity index (χ0) is 17.1. The van der Waals surface area contributed by atoms with E-state index >= 15 is 0 Å². The highest BCUT2D eigenvalue weighted by Gasteiger charge is 2.08. The van der Waals surface area contributed by atoms with E-state index in [1.165, 1.54) is 4.68 Å². The topological polar surface area (TPSA) is 84.0 Å². The van der Waals surface area contributed by atoms with Crippen LogP contribution in [0.4, 0.5) is 5.69 Å². The summed E-state index contributed by atoms with van der Waals surface area (Å²) in [5.74, 6) is -0.221. The van der Waals surface area contributed by atoms with Crippen LogP contribution in [0.2, 0.25) is 0 Å². The van der Waals surface area contributed by atoms with Gasteiger partial charge in [0.2, 0.25) is 5.91 Å². The number of anilines is 1. The smallest absolute Gasteiger partial charge is 0.273 e. The maximum Gasteiger partial charge on any atom is 0.273 e. The van der Waals surface area contributed by atoms with Crippen molar-refractivity contribution in [3.63, 3.8) is 0 Å². The summed E-state index contributed by atoms with van der Waals surface area (Å²) in [4.78, 5) is 36.4. The van der Waals surface area contributed by atoms with Crippen molar-refractivity contribution in [2.75, 3.05) is 5.32 Å². The largest absolute Gasteiger partial charge is 0.326 e. The van der Waals surface area contributed by atoms with Crippen LogP contribution in [0.5, 0.6) is 0 Å². The summed E-state index contributed by atoms with van der Waals surface area (Å²) in [6.45, 7) is 2.05. The fraction of sp³-hybridized carbons (Fsp3) is 0.167. The Bertz CT molecular complexity index is 1020. The van der Waals surface area contributed by atoms with Gasteiger partial charge < -0.3 is 5.32 Å². The fourth-order valence-electron chi connectivity index (χ4n) is 2.56. The van der Waals surface area contributed by atoms with Crippen molar-refractivity contribution in [1.82, 2.24) is 9.78 Å². The molecule has 3 rings (SSSR count). The third kappa shape index (κ3) is 3.27. The molecule has 6 nitrogen and oxygen atoms in total. The first-order valence-electron chi connectivity index (χ1n) is 7.63. The van der Waals surface area contributed by atoms with Crippen LogP contribution in [0.1, 0.15) is 12.0 Å². The Morgan fingerprint density at radius 1 is 1.08 bits per heavy atom. The lowest BCUT2D eigenvalue weighted by atomic mass is 10.2. The number of H-pyrrole nitrogens is 1. The molecule has 24 heavy (non-hydrogen) atoms. The molecule has 0 fully saturated rings. The molecule has 0 aliphatic heterocycles. The zero-order valence-corrected chi connectivity index (χ0v) is 13.2. The average molecular weight is 323 g/mol. The van der Waals surface area contributed by atoms with Crippen molar-refractivity contribution in [2.24, 2.45) is 0 Å². The SMILES string of the molecule is Cc1cccc(NC(=O)CCn2[nH]c(=O)c3ccccc3c2=O)c1. The lowest BCUT2D eigenvalue weighted by Crippen LogP contribution is -2.31. The fourth-order valence-corrected chi connectivity index (χ4v) is 2.56. The van der Waals surface area contributed by atoms with Crippen molar-refractivity contribution in [3.8, 4) is 0 Å². The van der Waals surface area contributed by atoms with Crippen LogP contribution in [0.15, 0.2) is 58.1 Å². The van der Waals surface area contributed by atoms with Crippen molar-refractivity contribution < 1.29 is 4.79 Å². The molecule has 0 spiro atoms. The van der Waals surface area contributed by atoms with E-state index in [4.69, 9.17) is 0 Å². The molecule has 1 amide bonds. The number of fused-ring (bicyclic) bond motifs is 1. The molecule has 3 aromatic rings. The number of hydrogen-bond acceptors (Lipinski definition) is 3. The first-order valence-corrected chi connectivity index (χ1v) is 7.63. The van der Waals surface area contributed by atoms with Crippen LogP contribution >= 0.6 is 0 Å². The van der Waals surface area contributed by atoms with Gasteiger partial charge in [-0.2, -0.15) is 0 Å². The van der Waals surface area contributed by atoms with Gasteiger partial charge in [0, 0.05) is 12.1 Å². The minimum absolute atomic E-state index is 0.0854. The van der Waals surface area contributed by atoms with Crippen LogP contribution in [0.25, 0.3) is 10.8 Å². The van der Waals surface area contributed by atoms with Gasteiger partial charge >= 0.3 is 0 Å². The number of aromatic amines is 1. The van der Waals surface area contributed by atoms with Gasteiger partial charge in [0.1, 0.15) is 0 Å². The lowest BCUT2D eigenvalue weighted by Gasteiger charge is -2.08. The molecule has 122 valence electrons. The monoisotopic (exact) mass is 323 g/mol. The van der Waals surface area contributed by atoms with Gasteiger partial charge in [-0.3, -0.25) is 19.5 Å². The van der Waals surface area contributed by atoms with E-state index in [1.807, 2.05) is 25.1 Å². The molecule has 0 unspecified atom stereocenters. The molecule has 2 N–H and O–H groups in total. The number of amides is 1. The Hall–Kier alpha value is -3.15. The third-order valence-electron chi connectivity index (χ3n) is 3.75. The van der Waals surface area contributed by atoms with Crippen LogP contribution in [0, 0.1) is 6.92 Å². The molecule has 6 heteroatoms. The summed E-state index contributed by atoms with van der Waals surface area (Å²) in [6, 6.07) is 14.1. The normalized spacial score (nSPS) is 10.7. The summed E-state index contributed by atoms with van der Waals surface area (Å²) in [6.07, 6.45) is 0.0854. The number of aromatic nitrogens is 2. The predicted octanol–water partition coefficient (Wildman–Crippen LogP) is 2.03. The molecule has 1 aromatic heterocycles. The molecule has 0 saturated carbocycles. The Morgan fingerprint density at radius 3 is 2.58 bits per heavy atom. The van der Waals surface area contributed by atoms with Crippen molar-refractivity contribution in [1.29, 1.82) is 0 Å². The Morgan fingerprint density at radius 2 is 1.83 bits per heavy atom. The highest BCUT2D eigenvalue weighted by atomic mass is 16.2. The average Bonchev–Trinajstić information content (AvgIpc) is 2.57. The number of benzene rings is 2. The van der Waals surface area contributed by atoms with Gasteiger partial charge in [0.25, 0.3) is 11.1 Å². The van der Waals surface area contributed by atoms with E-state index in [1.54, 1.807) is 30.3 Å². The second-order valence-electron chi connectivity index (χ2n) is 5.61. The summed E-state index contributed by atoms with van der Waals surface area (Å²) in [7, 11) is 0. The number of aryl methyl sites for hydroxylation is 2. The number of nitrogens with zero attached hydrogens (tertiary/aromatic N) is 1. The van der Waals surface area contributed by atoms with Crippen LogP contribution < -0.4 is 16.4 Å². The second-order valence-corrected chi connectivity index (χ2v) is 5.61. The molecule has 0 atom stereocenters. The second kappa shape index (κ2) is 6.54. The van der Waals surface area contributed by atoms with Crippen LogP contribution in [-0.4, -0.2) is 15.7 Å². The first-order chi connectivity index (χ1) is 11.5. The maximum atomic E-state index is 12.4. The van der Waals surface area contributed by atoms with E-state index in [-0.39, 0.29) is 30.0 Å². The molecule has 1 heterocycles. The Labute approximate surface area is 137 Å². The van der Waals surface area contributed by atoms with Crippen molar-refractivity contribution in [3.05, 3.63) is 74.8 Å². The first kappa shape index (κ1) is 15.7. The number of carbonyl (C=O) groups excluding carboxylic acids is 1. The summed E-state index contributed by atoms with van der Waals surface area (Å²) in [5, 5.41) is 5.99. The predicted molar refractivity (Wildman–Crippen MR) is 93.3 cm³/mol. The Balaban J connectivity index is 1.76. The van der Waals surface area contributed by atoms with E-state index in [2.05, 4.69) is 10.4 Å². The summed E-state index contributed by atoms with van der Waals surface area (Å²) < 4.78 is 1.18. The maximum absolute atomic E-state index is 12.4. The van der Waals surface area contributed by atoms with Crippen LogP contribution in [0.3, 0.4) is 0 Å². The molecule has 2 aromatic carbocycles. The summed E-state index contributed by atoms with van der Waals surface area (Å²) >= 11 is 0. The highest BCUT2D eigenvalue weighted by molar-refractivity contribution is 5.90. The van der Waals surface area contributed by atoms with Gasteiger partial charge in [-0.15, -0.1) is 0 Å². The molecule has 0 aliphatic carbocycles. The van der Waals surface area contributed by atoms with E-state index in [0.717, 1.165) is 5.56 Å². The van der Waals surface area contributed by atoms with Gasteiger partial charge in [-0.1, -0.05) is 24.3 Å². The van der Waals surface area contributed by atoms with Gasteiger partial charge in [0.15, 0.2) is 0 Å². The van der Waals surface area contributed by atoms with Gasteiger partial charge in [-0.25, -0.2) is 4.68 Å². The van der Waals surface area contributed by atoms with Gasteiger partial charge in [0.05, 0.1) is 17.3 Å². The standard InChI is InChI=1S/C18H17N3O3/c1-12-5-4-6-13(11-12)19-16(22)9-10-21-18(24)15-8-3-2-7-14(15)17(23)20-21/h2-8,11H,9-10H2,1H3,(H,19,22)(H,20,23). The third-order valence-corrected chi connectivity index (χ3v) is 3.75.